The molecule has 1 aromatic rings. The number of rotatable bonds is 5. The summed E-state index contributed by atoms with van der Waals surface area (Å²) in [6, 6.07) is 7.23. The fourth-order valence-corrected chi connectivity index (χ4v) is 1.36. The zero-order valence-corrected chi connectivity index (χ0v) is 11.1. The molecule has 4 heteroatoms. The molecule has 1 N–H and O–H groups in total. The van der Waals surface area contributed by atoms with Crippen LogP contribution in [0.5, 0.6) is 5.75 Å². The molecule has 0 aliphatic rings. The van der Waals surface area contributed by atoms with E-state index in [2.05, 4.69) is 19.2 Å². The highest BCUT2D eigenvalue weighted by molar-refractivity contribution is 6.32. The van der Waals surface area contributed by atoms with Crippen LogP contribution in [-0.2, 0) is 4.79 Å². The maximum absolute atomic E-state index is 11.6. The van der Waals surface area contributed by atoms with Gasteiger partial charge in [0, 0.05) is 6.04 Å². The standard InChI is InChI=1S/C13H18ClNO2/c1-9(2)10(3)15-13(16)8-17-12-7-5-4-6-11(12)14/h4-7,9-10H,8H2,1-3H3,(H,15,16)/t10-/m1/s1. The van der Waals surface area contributed by atoms with Gasteiger partial charge in [0.05, 0.1) is 5.02 Å². The molecular formula is C13H18ClNO2. The van der Waals surface area contributed by atoms with E-state index in [0.29, 0.717) is 16.7 Å². The molecule has 94 valence electrons. The van der Waals surface area contributed by atoms with Gasteiger partial charge in [0.15, 0.2) is 6.61 Å². The molecule has 17 heavy (non-hydrogen) atoms. The van der Waals surface area contributed by atoms with Gasteiger partial charge >= 0.3 is 0 Å². The van der Waals surface area contributed by atoms with E-state index in [1.807, 2.05) is 19.1 Å². The lowest BCUT2D eigenvalue weighted by Gasteiger charge is -2.17. The quantitative estimate of drug-likeness (QED) is 0.879. The number of hydrogen-bond donors (Lipinski definition) is 1. The average Bonchev–Trinajstić information content (AvgIpc) is 2.27. The third-order valence-corrected chi connectivity index (χ3v) is 2.90. The number of para-hydroxylation sites is 1. The Morgan fingerprint density at radius 2 is 2.00 bits per heavy atom. The zero-order valence-electron chi connectivity index (χ0n) is 10.4. The van der Waals surface area contributed by atoms with E-state index in [0.717, 1.165) is 0 Å². The van der Waals surface area contributed by atoms with Crippen molar-refractivity contribution in [1.82, 2.24) is 5.32 Å². The number of hydrogen-bond acceptors (Lipinski definition) is 2. The summed E-state index contributed by atoms with van der Waals surface area (Å²) in [7, 11) is 0. The number of benzene rings is 1. The van der Waals surface area contributed by atoms with Crippen LogP contribution >= 0.6 is 11.6 Å². The van der Waals surface area contributed by atoms with Crippen LogP contribution in [0.4, 0.5) is 0 Å². The molecule has 0 radical (unpaired) electrons. The van der Waals surface area contributed by atoms with E-state index in [1.54, 1.807) is 12.1 Å². The molecule has 3 nitrogen and oxygen atoms in total. The molecule has 0 aromatic heterocycles. The average molecular weight is 256 g/mol. The lowest BCUT2D eigenvalue weighted by Crippen LogP contribution is -2.38. The van der Waals surface area contributed by atoms with Gasteiger partial charge in [0.25, 0.3) is 5.91 Å². The summed E-state index contributed by atoms with van der Waals surface area (Å²) < 4.78 is 5.34. The Labute approximate surface area is 107 Å². The van der Waals surface area contributed by atoms with Gasteiger partial charge in [0.1, 0.15) is 5.75 Å². The largest absolute Gasteiger partial charge is 0.482 e. The van der Waals surface area contributed by atoms with Gasteiger partial charge < -0.3 is 10.1 Å². The van der Waals surface area contributed by atoms with Gasteiger partial charge in [0.2, 0.25) is 0 Å². The summed E-state index contributed by atoms with van der Waals surface area (Å²) in [4.78, 5) is 11.6. The second kappa shape index (κ2) is 6.50. The third kappa shape index (κ3) is 4.65. The Kier molecular flexibility index (Phi) is 5.29. The minimum atomic E-state index is -0.133. The van der Waals surface area contributed by atoms with E-state index in [9.17, 15) is 4.79 Å². The lowest BCUT2D eigenvalue weighted by atomic mass is 10.1. The molecule has 0 unspecified atom stereocenters. The maximum Gasteiger partial charge on any atom is 0.258 e. The monoisotopic (exact) mass is 255 g/mol. The van der Waals surface area contributed by atoms with Crippen molar-refractivity contribution in [3.63, 3.8) is 0 Å². The molecule has 0 bridgehead atoms. The van der Waals surface area contributed by atoms with E-state index in [4.69, 9.17) is 16.3 Å². The topological polar surface area (TPSA) is 38.3 Å². The predicted octanol–water partition coefficient (Wildman–Crippen LogP) is 2.88. The van der Waals surface area contributed by atoms with Crippen LogP contribution in [0.25, 0.3) is 0 Å². The summed E-state index contributed by atoms with van der Waals surface area (Å²) in [6.45, 7) is 6.07. The van der Waals surface area contributed by atoms with Crippen LogP contribution in [0.1, 0.15) is 20.8 Å². The predicted molar refractivity (Wildman–Crippen MR) is 69.4 cm³/mol. The summed E-state index contributed by atoms with van der Waals surface area (Å²) >= 11 is 5.91. The summed E-state index contributed by atoms with van der Waals surface area (Å²) in [5, 5.41) is 3.37. The molecular weight excluding hydrogens is 238 g/mol. The zero-order chi connectivity index (χ0) is 12.8. The number of ether oxygens (including phenoxy) is 1. The van der Waals surface area contributed by atoms with Crippen molar-refractivity contribution < 1.29 is 9.53 Å². The minimum absolute atomic E-state index is 0.0131. The molecule has 1 atom stereocenters. The van der Waals surface area contributed by atoms with E-state index >= 15 is 0 Å². The van der Waals surface area contributed by atoms with Crippen LogP contribution in [-0.4, -0.2) is 18.6 Å². The highest BCUT2D eigenvalue weighted by Crippen LogP contribution is 2.22. The first kappa shape index (κ1) is 13.8. The van der Waals surface area contributed by atoms with Gasteiger partial charge in [-0.05, 0) is 25.0 Å². The summed E-state index contributed by atoms with van der Waals surface area (Å²) in [6.07, 6.45) is 0. The molecule has 0 aliphatic heterocycles. The first-order valence-corrected chi connectivity index (χ1v) is 6.05. The van der Waals surface area contributed by atoms with Crippen molar-refractivity contribution >= 4 is 17.5 Å². The highest BCUT2D eigenvalue weighted by Gasteiger charge is 2.11. The Balaban J connectivity index is 2.41. The van der Waals surface area contributed by atoms with E-state index < -0.39 is 0 Å². The van der Waals surface area contributed by atoms with Crippen molar-refractivity contribution in [3.8, 4) is 5.75 Å². The molecule has 1 aromatic carbocycles. The van der Waals surface area contributed by atoms with Crippen molar-refractivity contribution in [3.05, 3.63) is 29.3 Å². The van der Waals surface area contributed by atoms with Crippen molar-refractivity contribution in [2.24, 2.45) is 5.92 Å². The van der Waals surface area contributed by atoms with Gasteiger partial charge in [-0.3, -0.25) is 4.79 Å². The van der Waals surface area contributed by atoms with E-state index in [1.165, 1.54) is 0 Å². The van der Waals surface area contributed by atoms with Gasteiger partial charge in [-0.2, -0.15) is 0 Å². The molecule has 0 heterocycles. The molecule has 0 saturated carbocycles. The fraction of sp³-hybridized carbons (Fsp3) is 0.462. The van der Waals surface area contributed by atoms with Crippen LogP contribution in [0.3, 0.4) is 0 Å². The molecule has 0 fully saturated rings. The minimum Gasteiger partial charge on any atom is -0.482 e. The Hall–Kier alpha value is -1.22. The first-order chi connectivity index (χ1) is 8.00. The van der Waals surface area contributed by atoms with Crippen LogP contribution in [0, 0.1) is 5.92 Å². The van der Waals surface area contributed by atoms with E-state index in [-0.39, 0.29) is 18.6 Å². The summed E-state index contributed by atoms with van der Waals surface area (Å²) in [5.74, 6) is 0.798. The number of carbonyl (C=O) groups is 1. The van der Waals surface area contributed by atoms with Crippen LogP contribution in [0.2, 0.25) is 5.02 Å². The second-order valence-electron chi connectivity index (χ2n) is 4.32. The highest BCUT2D eigenvalue weighted by atomic mass is 35.5. The molecule has 1 rings (SSSR count). The number of carbonyl (C=O) groups excluding carboxylic acids is 1. The second-order valence-corrected chi connectivity index (χ2v) is 4.73. The normalized spacial score (nSPS) is 12.3. The lowest BCUT2D eigenvalue weighted by molar-refractivity contribution is -0.123. The SMILES string of the molecule is CC(C)[C@@H](C)NC(=O)COc1ccccc1Cl. The van der Waals surface area contributed by atoms with Crippen molar-refractivity contribution in [2.75, 3.05) is 6.61 Å². The van der Waals surface area contributed by atoms with Gasteiger partial charge in [-0.25, -0.2) is 0 Å². The number of amides is 1. The Morgan fingerprint density at radius 1 is 1.35 bits per heavy atom. The van der Waals surface area contributed by atoms with Crippen molar-refractivity contribution in [1.29, 1.82) is 0 Å². The van der Waals surface area contributed by atoms with Crippen LogP contribution < -0.4 is 10.1 Å². The fourth-order valence-electron chi connectivity index (χ4n) is 1.17. The molecule has 1 amide bonds. The molecule has 0 spiro atoms. The Bertz CT molecular complexity index is 379. The van der Waals surface area contributed by atoms with Crippen molar-refractivity contribution in [2.45, 2.75) is 26.8 Å². The smallest absolute Gasteiger partial charge is 0.258 e. The number of nitrogens with one attached hydrogen (secondary N) is 1. The van der Waals surface area contributed by atoms with Gasteiger partial charge in [-0.15, -0.1) is 0 Å². The molecule has 0 aliphatic carbocycles. The third-order valence-electron chi connectivity index (χ3n) is 2.58. The molecule has 0 saturated heterocycles. The first-order valence-electron chi connectivity index (χ1n) is 5.67. The summed E-state index contributed by atoms with van der Waals surface area (Å²) in [5.41, 5.74) is 0. The Morgan fingerprint density at radius 3 is 2.59 bits per heavy atom. The maximum atomic E-state index is 11.6. The van der Waals surface area contributed by atoms with Gasteiger partial charge in [-0.1, -0.05) is 37.6 Å². The number of halogens is 1. The van der Waals surface area contributed by atoms with Crippen LogP contribution in [0.15, 0.2) is 24.3 Å².